The van der Waals surface area contributed by atoms with E-state index in [9.17, 15) is 13.6 Å². The van der Waals surface area contributed by atoms with E-state index in [-0.39, 0.29) is 11.5 Å². The van der Waals surface area contributed by atoms with Gasteiger partial charge in [-0.25, -0.2) is 18.7 Å². The van der Waals surface area contributed by atoms with Crippen LogP contribution in [0.15, 0.2) is 30.7 Å². The van der Waals surface area contributed by atoms with E-state index in [0.29, 0.717) is 13.1 Å². The summed E-state index contributed by atoms with van der Waals surface area (Å²) in [5, 5.41) is 0. The first-order valence-corrected chi connectivity index (χ1v) is 6.57. The van der Waals surface area contributed by atoms with Crippen LogP contribution in [0.5, 0.6) is 0 Å². The third kappa shape index (κ3) is 2.49. The topological polar surface area (TPSA) is 46.1 Å². The molecule has 1 atom stereocenters. The van der Waals surface area contributed by atoms with Crippen LogP contribution in [-0.2, 0) is 17.9 Å². The zero-order valence-electron chi connectivity index (χ0n) is 11.4. The van der Waals surface area contributed by atoms with E-state index in [1.54, 1.807) is 18.0 Å². The van der Waals surface area contributed by atoms with Crippen molar-refractivity contribution in [3.63, 3.8) is 0 Å². The number of halogens is 2. The molecule has 0 N–H and O–H groups in total. The van der Waals surface area contributed by atoms with Crippen LogP contribution in [0.25, 0.3) is 0 Å². The molecule has 0 radical (unpaired) electrons. The Balaban J connectivity index is 1.80. The van der Waals surface area contributed by atoms with Crippen molar-refractivity contribution in [1.82, 2.24) is 14.9 Å². The standard InChI is InChI=1S/C15H13F2N3O/c1-9(12-3-2-11(16)4-13(12)17)15(21)20-6-10-5-18-8-19-14(10)7-20/h2-5,8-9H,6-7H2,1H3. The van der Waals surface area contributed by atoms with E-state index in [0.717, 1.165) is 23.4 Å². The number of aromatic nitrogens is 2. The molecule has 1 aliphatic heterocycles. The van der Waals surface area contributed by atoms with Crippen molar-refractivity contribution in [2.45, 2.75) is 25.9 Å². The van der Waals surface area contributed by atoms with Crippen molar-refractivity contribution in [2.24, 2.45) is 0 Å². The molecule has 0 spiro atoms. The Kier molecular flexibility index (Phi) is 3.37. The molecule has 3 rings (SSSR count). The van der Waals surface area contributed by atoms with Crippen LogP contribution in [0.4, 0.5) is 8.78 Å². The van der Waals surface area contributed by atoms with Crippen molar-refractivity contribution in [3.05, 3.63) is 59.2 Å². The number of amides is 1. The van der Waals surface area contributed by atoms with Gasteiger partial charge < -0.3 is 4.90 Å². The molecular formula is C15H13F2N3O. The summed E-state index contributed by atoms with van der Waals surface area (Å²) in [6.45, 7) is 2.43. The fourth-order valence-corrected chi connectivity index (χ4v) is 2.52. The number of benzene rings is 1. The third-order valence-corrected chi connectivity index (χ3v) is 3.69. The Hall–Kier alpha value is -2.37. The van der Waals surface area contributed by atoms with Gasteiger partial charge in [0, 0.05) is 29.9 Å². The molecule has 1 unspecified atom stereocenters. The van der Waals surface area contributed by atoms with Gasteiger partial charge >= 0.3 is 0 Å². The van der Waals surface area contributed by atoms with Crippen LogP contribution >= 0.6 is 0 Å². The van der Waals surface area contributed by atoms with E-state index in [2.05, 4.69) is 9.97 Å². The Morgan fingerprint density at radius 2 is 2.14 bits per heavy atom. The highest BCUT2D eigenvalue weighted by Gasteiger charge is 2.29. The molecule has 0 aliphatic carbocycles. The molecule has 0 saturated carbocycles. The average molecular weight is 289 g/mol. The van der Waals surface area contributed by atoms with Gasteiger partial charge in [0.15, 0.2) is 0 Å². The van der Waals surface area contributed by atoms with E-state index in [4.69, 9.17) is 0 Å². The number of carbonyl (C=O) groups is 1. The summed E-state index contributed by atoms with van der Waals surface area (Å²) in [5.74, 6) is -2.24. The van der Waals surface area contributed by atoms with Crippen molar-refractivity contribution in [1.29, 1.82) is 0 Å². The number of carbonyl (C=O) groups excluding carboxylic acids is 1. The van der Waals surface area contributed by atoms with Crippen molar-refractivity contribution >= 4 is 5.91 Å². The van der Waals surface area contributed by atoms with Crippen LogP contribution in [0, 0.1) is 11.6 Å². The van der Waals surface area contributed by atoms with Gasteiger partial charge in [0.1, 0.15) is 18.0 Å². The van der Waals surface area contributed by atoms with Crippen LogP contribution < -0.4 is 0 Å². The molecule has 6 heteroatoms. The van der Waals surface area contributed by atoms with Gasteiger partial charge in [-0.3, -0.25) is 4.79 Å². The molecule has 4 nitrogen and oxygen atoms in total. The minimum Gasteiger partial charge on any atom is -0.332 e. The third-order valence-electron chi connectivity index (χ3n) is 3.69. The maximum absolute atomic E-state index is 13.8. The predicted octanol–water partition coefficient (Wildman–Crippen LogP) is 2.40. The zero-order chi connectivity index (χ0) is 15.0. The molecule has 0 fully saturated rings. The quantitative estimate of drug-likeness (QED) is 0.853. The van der Waals surface area contributed by atoms with Crippen LogP contribution in [0.2, 0.25) is 0 Å². The van der Waals surface area contributed by atoms with Gasteiger partial charge in [0.2, 0.25) is 5.91 Å². The Morgan fingerprint density at radius 1 is 1.33 bits per heavy atom. The smallest absolute Gasteiger partial charge is 0.230 e. The van der Waals surface area contributed by atoms with Gasteiger partial charge in [0.05, 0.1) is 18.2 Å². The lowest BCUT2D eigenvalue weighted by Crippen LogP contribution is -2.30. The molecule has 0 saturated heterocycles. The Labute approximate surface area is 120 Å². The highest BCUT2D eigenvalue weighted by molar-refractivity contribution is 5.83. The molecule has 1 aromatic carbocycles. The molecule has 1 aliphatic rings. The maximum Gasteiger partial charge on any atom is 0.230 e. The number of hydrogen-bond acceptors (Lipinski definition) is 3. The molecule has 2 heterocycles. The van der Waals surface area contributed by atoms with Gasteiger partial charge in [0.25, 0.3) is 0 Å². The SMILES string of the molecule is CC(C(=O)N1Cc2cncnc2C1)c1ccc(F)cc1F. The Morgan fingerprint density at radius 3 is 2.86 bits per heavy atom. The minimum absolute atomic E-state index is 0.198. The second-order valence-corrected chi connectivity index (χ2v) is 5.08. The second-order valence-electron chi connectivity index (χ2n) is 5.08. The van der Waals surface area contributed by atoms with Gasteiger partial charge in [-0.1, -0.05) is 6.07 Å². The summed E-state index contributed by atoms with van der Waals surface area (Å²) in [6, 6.07) is 3.27. The number of fused-ring (bicyclic) bond motifs is 1. The largest absolute Gasteiger partial charge is 0.332 e. The summed E-state index contributed by atoms with van der Waals surface area (Å²) < 4.78 is 26.7. The lowest BCUT2D eigenvalue weighted by molar-refractivity contribution is -0.133. The van der Waals surface area contributed by atoms with Gasteiger partial charge in [-0.15, -0.1) is 0 Å². The second kappa shape index (κ2) is 5.20. The van der Waals surface area contributed by atoms with E-state index in [1.165, 1.54) is 12.4 Å². The summed E-state index contributed by atoms with van der Waals surface area (Å²) in [7, 11) is 0. The number of hydrogen-bond donors (Lipinski definition) is 0. The lowest BCUT2D eigenvalue weighted by atomic mass is 9.99. The molecule has 21 heavy (non-hydrogen) atoms. The summed E-state index contributed by atoms with van der Waals surface area (Å²) in [4.78, 5) is 22.1. The highest BCUT2D eigenvalue weighted by Crippen LogP contribution is 2.27. The molecule has 108 valence electrons. The molecule has 2 aromatic rings. The predicted molar refractivity (Wildman–Crippen MR) is 71.1 cm³/mol. The average Bonchev–Trinajstić information content (AvgIpc) is 2.89. The first-order chi connectivity index (χ1) is 10.1. The number of rotatable bonds is 2. The zero-order valence-corrected chi connectivity index (χ0v) is 11.4. The van der Waals surface area contributed by atoms with Crippen molar-refractivity contribution in [2.75, 3.05) is 0 Å². The summed E-state index contributed by atoms with van der Waals surface area (Å²) in [5.41, 5.74) is 1.91. The molecular weight excluding hydrogens is 276 g/mol. The monoisotopic (exact) mass is 289 g/mol. The summed E-state index contributed by atoms with van der Waals surface area (Å²) >= 11 is 0. The van der Waals surface area contributed by atoms with Crippen molar-refractivity contribution in [3.8, 4) is 0 Å². The van der Waals surface area contributed by atoms with Gasteiger partial charge in [-0.05, 0) is 13.0 Å². The van der Waals surface area contributed by atoms with Crippen LogP contribution in [0.3, 0.4) is 0 Å². The fraction of sp³-hybridized carbons (Fsp3) is 0.267. The first-order valence-electron chi connectivity index (χ1n) is 6.57. The lowest BCUT2D eigenvalue weighted by Gasteiger charge is -2.20. The summed E-state index contributed by atoms with van der Waals surface area (Å²) in [6.07, 6.45) is 3.12. The van der Waals surface area contributed by atoms with E-state index in [1.807, 2.05) is 0 Å². The normalized spacial score (nSPS) is 14.9. The van der Waals surface area contributed by atoms with E-state index < -0.39 is 17.6 Å². The van der Waals surface area contributed by atoms with Crippen molar-refractivity contribution < 1.29 is 13.6 Å². The highest BCUT2D eigenvalue weighted by atomic mass is 19.1. The maximum atomic E-state index is 13.8. The van der Waals surface area contributed by atoms with Gasteiger partial charge in [-0.2, -0.15) is 0 Å². The minimum atomic E-state index is -0.702. The first kappa shape index (κ1) is 13.6. The van der Waals surface area contributed by atoms with Crippen LogP contribution in [-0.4, -0.2) is 20.8 Å². The van der Waals surface area contributed by atoms with Crippen LogP contribution in [0.1, 0.15) is 29.7 Å². The number of nitrogens with zero attached hydrogens (tertiary/aromatic N) is 3. The molecule has 1 amide bonds. The Bertz CT molecular complexity index is 680. The molecule has 1 aromatic heterocycles. The molecule has 0 bridgehead atoms. The fourth-order valence-electron chi connectivity index (χ4n) is 2.52. The van der Waals surface area contributed by atoms with E-state index >= 15 is 0 Å².